The predicted molar refractivity (Wildman–Crippen MR) is 74.3 cm³/mol. The Balaban J connectivity index is 2.27. The fourth-order valence-electron chi connectivity index (χ4n) is 2.96. The normalized spacial score (nSPS) is 21.4. The average molecular weight is 280 g/mol. The summed E-state index contributed by atoms with van der Waals surface area (Å²) >= 11 is 0. The van der Waals surface area contributed by atoms with E-state index in [1.54, 1.807) is 11.6 Å². The zero-order valence-electron chi connectivity index (χ0n) is 12.6. The van der Waals surface area contributed by atoms with Gasteiger partial charge in [0.25, 0.3) is 0 Å². The van der Waals surface area contributed by atoms with Crippen molar-refractivity contribution in [2.75, 3.05) is 0 Å². The molecule has 1 N–H and O–H groups in total. The number of hydrogen-bond donors (Lipinski definition) is 1. The smallest absolute Gasteiger partial charge is 0.311 e. The van der Waals surface area contributed by atoms with E-state index in [9.17, 15) is 9.90 Å². The van der Waals surface area contributed by atoms with Crippen LogP contribution in [0.5, 0.6) is 0 Å². The van der Waals surface area contributed by atoms with Gasteiger partial charge in [-0.25, -0.2) is 4.68 Å². The SMILES string of the molecule is CCC(C)(Cn1nnnc1C1(C)CCCCC1)C(=O)O. The van der Waals surface area contributed by atoms with Crippen LogP contribution in [-0.2, 0) is 16.8 Å². The lowest BCUT2D eigenvalue weighted by Gasteiger charge is -2.33. The van der Waals surface area contributed by atoms with Crippen LogP contribution in [0.4, 0.5) is 0 Å². The number of carbonyl (C=O) groups is 1. The first-order valence-corrected chi connectivity index (χ1v) is 7.41. The molecule has 1 aromatic heterocycles. The molecule has 1 heterocycles. The molecule has 0 bridgehead atoms. The van der Waals surface area contributed by atoms with Gasteiger partial charge in [-0.15, -0.1) is 5.10 Å². The summed E-state index contributed by atoms with van der Waals surface area (Å²) in [5.41, 5.74) is -0.843. The summed E-state index contributed by atoms with van der Waals surface area (Å²) < 4.78 is 1.71. The van der Waals surface area contributed by atoms with E-state index in [2.05, 4.69) is 22.4 Å². The molecule has 6 heteroatoms. The first-order chi connectivity index (χ1) is 9.41. The number of rotatable bonds is 5. The minimum Gasteiger partial charge on any atom is -0.481 e. The number of aromatic nitrogens is 4. The van der Waals surface area contributed by atoms with E-state index in [0.29, 0.717) is 13.0 Å². The third-order valence-corrected chi connectivity index (χ3v) is 4.82. The Hall–Kier alpha value is -1.46. The zero-order chi connectivity index (χ0) is 14.8. The Bertz CT molecular complexity index is 479. The molecule has 20 heavy (non-hydrogen) atoms. The monoisotopic (exact) mass is 280 g/mol. The fraction of sp³-hybridized carbons (Fsp3) is 0.857. The highest BCUT2D eigenvalue weighted by Gasteiger charge is 2.38. The molecule has 1 unspecified atom stereocenters. The lowest BCUT2D eigenvalue weighted by Crippen LogP contribution is -2.36. The van der Waals surface area contributed by atoms with E-state index >= 15 is 0 Å². The first-order valence-electron chi connectivity index (χ1n) is 7.41. The molecule has 0 spiro atoms. The minimum atomic E-state index is -0.824. The molecule has 2 rings (SSSR count). The zero-order valence-corrected chi connectivity index (χ0v) is 12.6. The number of carboxylic acid groups (broad SMARTS) is 1. The van der Waals surface area contributed by atoms with Crippen LogP contribution >= 0.6 is 0 Å². The Labute approximate surface area is 119 Å². The van der Waals surface area contributed by atoms with E-state index in [4.69, 9.17) is 0 Å². The number of hydrogen-bond acceptors (Lipinski definition) is 4. The second-order valence-corrected chi connectivity index (χ2v) is 6.50. The summed E-state index contributed by atoms with van der Waals surface area (Å²) in [7, 11) is 0. The van der Waals surface area contributed by atoms with Gasteiger partial charge in [-0.1, -0.05) is 33.1 Å². The van der Waals surface area contributed by atoms with Crippen molar-refractivity contribution in [2.24, 2.45) is 5.41 Å². The Morgan fingerprint density at radius 2 is 2.05 bits per heavy atom. The van der Waals surface area contributed by atoms with E-state index in [-0.39, 0.29) is 5.41 Å². The highest BCUT2D eigenvalue weighted by atomic mass is 16.4. The number of carboxylic acids is 1. The van der Waals surface area contributed by atoms with Crippen molar-refractivity contribution in [3.63, 3.8) is 0 Å². The van der Waals surface area contributed by atoms with Crippen LogP contribution in [0.15, 0.2) is 0 Å². The molecule has 1 aliphatic rings. The predicted octanol–water partition coefficient (Wildman–Crippen LogP) is 2.40. The van der Waals surface area contributed by atoms with Crippen LogP contribution in [0.1, 0.15) is 65.1 Å². The summed E-state index contributed by atoms with van der Waals surface area (Å²) in [6.07, 6.45) is 6.34. The van der Waals surface area contributed by atoms with Crippen molar-refractivity contribution in [1.29, 1.82) is 0 Å². The van der Waals surface area contributed by atoms with Crippen LogP contribution in [-0.4, -0.2) is 31.3 Å². The van der Waals surface area contributed by atoms with Crippen molar-refractivity contribution in [2.45, 2.75) is 71.3 Å². The van der Waals surface area contributed by atoms with Crippen LogP contribution in [0, 0.1) is 5.41 Å². The number of tetrazole rings is 1. The Morgan fingerprint density at radius 3 is 2.60 bits per heavy atom. The molecule has 1 fully saturated rings. The molecule has 1 saturated carbocycles. The van der Waals surface area contributed by atoms with Crippen molar-refractivity contribution in [1.82, 2.24) is 20.2 Å². The third kappa shape index (κ3) is 2.69. The largest absolute Gasteiger partial charge is 0.481 e. The Kier molecular flexibility index (Phi) is 4.11. The number of nitrogens with zero attached hydrogens (tertiary/aromatic N) is 4. The maximum atomic E-state index is 11.5. The van der Waals surface area contributed by atoms with Crippen molar-refractivity contribution < 1.29 is 9.90 Å². The standard InChI is InChI=1S/C14H24N4O2/c1-4-13(2,12(19)20)10-18-11(15-16-17-18)14(3)8-6-5-7-9-14/h4-10H2,1-3H3,(H,19,20). The molecule has 0 radical (unpaired) electrons. The Morgan fingerprint density at radius 1 is 1.40 bits per heavy atom. The van der Waals surface area contributed by atoms with Gasteiger partial charge in [-0.3, -0.25) is 4.79 Å². The summed E-state index contributed by atoms with van der Waals surface area (Å²) in [5.74, 6) is 0.0494. The summed E-state index contributed by atoms with van der Waals surface area (Å²) in [4.78, 5) is 11.5. The minimum absolute atomic E-state index is 0.0189. The van der Waals surface area contributed by atoms with Gasteiger partial charge in [0.2, 0.25) is 0 Å². The van der Waals surface area contributed by atoms with Gasteiger partial charge in [0, 0.05) is 5.41 Å². The topological polar surface area (TPSA) is 80.9 Å². The molecule has 0 aliphatic heterocycles. The van der Waals surface area contributed by atoms with Crippen LogP contribution in [0.2, 0.25) is 0 Å². The molecule has 0 saturated heterocycles. The lowest BCUT2D eigenvalue weighted by atomic mass is 9.75. The highest BCUT2D eigenvalue weighted by molar-refractivity contribution is 5.73. The van der Waals surface area contributed by atoms with Crippen LogP contribution < -0.4 is 0 Å². The van der Waals surface area contributed by atoms with Gasteiger partial charge in [-0.2, -0.15) is 0 Å². The molecule has 1 atom stereocenters. The summed E-state index contributed by atoms with van der Waals surface area (Å²) in [6, 6.07) is 0. The van der Waals surface area contributed by atoms with Crippen molar-refractivity contribution >= 4 is 5.97 Å². The van der Waals surface area contributed by atoms with E-state index in [0.717, 1.165) is 18.7 Å². The van der Waals surface area contributed by atoms with Gasteiger partial charge in [0.15, 0.2) is 5.82 Å². The van der Waals surface area contributed by atoms with Gasteiger partial charge < -0.3 is 5.11 Å². The van der Waals surface area contributed by atoms with Crippen molar-refractivity contribution in [3.8, 4) is 0 Å². The first kappa shape index (κ1) is 14.9. The third-order valence-electron chi connectivity index (χ3n) is 4.82. The second-order valence-electron chi connectivity index (χ2n) is 6.50. The highest BCUT2D eigenvalue weighted by Crippen LogP contribution is 2.38. The molecule has 1 aliphatic carbocycles. The number of aliphatic carboxylic acids is 1. The van der Waals surface area contributed by atoms with Gasteiger partial charge in [0.05, 0.1) is 12.0 Å². The van der Waals surface area contributed by atoms with Gasteiger partial charge in [0.1, 0.15) is 0 Å². The fourth-order valence-corrected chi connectivity index (χ4v) is 2.96. The maximum Gasteiger partial charge on any atom is 0.311 e. The molecule has 0 amide bonds. The van der Waals surface area contributed by atoms with E-state index in [1.807, 2.05) is 6.92 Å². The quantitative estimate of drug-likeness (QED) is 0.895. The molecule has 0 aromatic carbocycles. The average Bonchev–Trinajstić information content (AvgIpc) is 2.88. The molecule has 112 valence electrons. The molecular weight excluding hydrogens is 256 g/mol. The van der Waals surface area contributed by atoms with Gasteiger partial charge >= 0.3 is 5.97 Å². The molecular formula is C14H24N4O2. The van der Waals surface area contributed by atoms with E-state index < -0.39 is 11.4 Å². The van der Waals surface area contributed by atoms with Gasteiger partial charge in [-0.05, 0) is 36.6 Å². The lowest BCUT2D eigenvalue weighted by molar-refractivity contribution is -0.149. The van der Waals surface area contributed by atoms with Crippen LogP contribution in [0.25, 0.3) is 0 Å². The molecule has 6 nitrogen and oxygen atoms in total. The summed E-state index contributed by atoms with van der Waals surface area (Å²) in [6.45, 7) is 6.17. The molecule has 1 aromatic rings. The second kappa shape index (κ2) is 5.50. The van der Waals surface area contributed by atoms with Crippen LogP contribution in [0.3, 0.4) is 0 Å². The van der Waals surface area contributed by atoms with E-state index in [1.165, 1.54) is 19.3 Å². The van der Waals surface area contributed by atoms with Crippen molar-refractivity contribution in [3.05, 3.63) is 5.82 Å². The maximum absolute atomic E-state index is 11.5. The summed E-state index contributed by atoms with van der Waals surface area (Å²) in [5, 5.41) is 21.4.